The van der Waals surface area contributed by atoms with Crippen molar-refractivity contribution in [2.75, 3.05) is 7.11 Å². The molecule has 1 aliphatic rings. The molecule has 1 amide bonds. The number of rotatable bonds is 4. The van der Waals surface area contributed by atoms with Crippen molar-refractivity contribution in [1.82, 2.24) is 5.01 Å². The summed E-state index contributed by atoms with van der Waals surface area (Å²) < 4.78 is 5.24. The van der Waals surface area contributed by atoms with Crippen molar-refractivity contribution in [3.05, 3.63) is 101 Å². The summed E-state index contributed by atoms with van der Waals surface area (Å²) in [6.45, 7) is 2.01. The molecule has 140 valence electrons. The first kappa shape index (κ1) is 18.0. The third-order valence-electron chi connectivity index (χ3n) is 5.02. The van der Waals surface area contributed by atoms with E-state index >= 15 is 0 Å². The minimum absolute atomic E-state index is 0.0858. The van der Waals surface area contributed by atoms with Gasteiger partial charge in [0.05, 0.1) is 18.9 Å². The Hall–Kier alpha value is -3.40. The fourth-order valence-corrected chi connectivity index (χ4v) is 3.42. The highest BCUT2D eigenvalue weighted by Gasteiger charge is 2.33. The number of methoxy groups -OCH3 is 1. The predicted octanol–water partition coefficient (Wildman–Crippen LogP) is 5.00. The number of hydrogen-bond donors (Lipinski definition) is 0. The number of carbonyl (C=O) groups is 1. The minimum atomic E-state index is -0.118. The molecule has 0 saturated carbocycles. The Morgan fingerprint density at radius 1 is 0.964 bits per heavy atom. The Morgan fingerprint density at radius 2 is 1.64 bits per heavy atom. The van der Waals surface area contributed by atoms with E-state index < -0.39 is 0 Å². The Kier molecular flexibility index (Phi) is 4.94. The molecule has 4 heteroatoms. The second-order valence-electron chi connectivity index (χ2n) is 6.92. The lowest BCUT2D eigenvalue weighted by Crippen LogP contribution is -2.27. The summed E-state index contributed by atoms with van der Waals surface area (Å²) >= 11 is 0. The molecule has 0 aliphatic carbocycles. The lowest BCUT2D eigenvalue weighted by Gasteiger charge is -2.22. The molecule has 0 spiro atoms. The second-order valence-corrected chi connectivity index (χ2v) is 6.92. The fourth-order valence-electron chi connectivity index (χ4n) is 3.42. The maximum Gasteiger partial charge on any atom is 0.274 e. The molecule has 1 atom stereocenters. The predicted molar refractivity (Wildman–Crippen MR) is 111 cm³/mol. The van der Waals surface area contributed by atoms with Crippen LogP contribution in [0.5, 0.6) is 5.75 Å². The van der Waals surface area contributed by atoms with E-state index in [0.29, 0.717) is 12.0 Å². The van der Waals surface area contributed by atoms with Crippen molar-refractivity contribution in [1.29, 1.82) is 0 Å². The number of carbonyl (C=O) groups excluding carboxylic acids is 1. The highest BCUT2D eigenvalue weighted by Crippen LogP contribution is 2.34. The molecule has 1 unspecified atom stereocenters. The van der Waals surface area contributed by atoms with Crippen LogP contribution in [-0.2, 0) is 0 Å². The molecule has 0 fully saturated rings. The first-order valence-corrected chi connectivity index (χ1v) is 9.33. The van der Waals surface area contributed by atoms with Gasteiger partial charge in [-0.2, -0.15) is 5.10 Å². The number of hydrazone groups is 1. The summed E-state index contributed by atoms with van der Waals surface area (Å²) in [5.74, 6) is 0.715. The van der Waals surface area contributed by atoms with Gasteiger partial charge in [-0.3, -0.25) is 4.79 Å². The average molecular weight is 370 g/mol. The third kappa shape index (κ3) is 3.54. The van der Waals surface area contributed by atoms with E-state index in [4.69, 9.17) is 9.84 Å². The van der Waals surface area contributed by atoms with Crippen molar-refractivity contribution in [3.63, 3.8) is 0 Å². The number of ether oxygens (including phenoxy) is 1. The summed E-state index contributed by atoms with van der Waals surface area (Å²) in [5, 5.41) is 6.35. The van der Waals surface area contributed by atoms with Crippen LogP contribution in [0.4, 0.5) is 0 Å². The smallest absolute Gasteiger partial charge is 0.274 e. The van der Waals surface area contributed by atoms with Crippen LogP contribution in [0.15, 0.2) is 84.0 Å². The first-order valence-electron chi connectivity index (χ1n) is 9.33. The van der Waals surface area contributed by atoms with Crippen LogP contribution in [0.3, 0.4) is 0 Å². The standard InChI is InChI=1S/C24H22N2O2/c1-17-8-10-20(11-9-17)24(27)26-23(19-6-4-3-5-7-19)16-22(25-26)18-12-14-21(28-2)15-13-18/h3-15,23H,16H2,1-2H3. The van der Waals surface area contributed by atoms with Gasteiger partial charge in [0.15, 0.2) is 0 Å². The molecule has 0 bridgehead atoms. The van der Waals surface area contributed by atoms with Gasteiger partial charge in [-0.05, 0) is 54.4 Å². The number of amides is 1. The van der Waals surface area contributed by atoms with E-state index in [-0.39, 0.29) is 11.9 Å². The molecule has 0 radical (unpaired) electrons. The summed E-state index contributed by atoms with van der Waals surface area (Å²) in [4.78, 5) is 13.2. The number of aryl methyl sites for hydroxylation is 1. The van der Waals surface area contributed by atoms with Gasteiger partial charge >= 0.3 is 0 Å². The normalized spacial score (nSPS) is 16.0. The molecule has 0 aromatic heterocycles. The summed E-state index contributed by atoms with van der Waals surface area (Å²) in [6, 6.07) is 25.4. The summed E-state index contributed by atoms with van der Waals surface area (Å²) in [5.41, 5.74) is 4.75. The average Bonchev–Trinajstić information content (AvgIpc) is 3.20. The van der Waals surface area contributed by atoms with Gasteiger partial charge in [0.1, 0.15) is 5.75 Å². The Labute approximate surface area is 165 Å². The molecular formula is C24H22N2O2. The van der Waals surface area contributed by atoms with Crippen LogP contribution < -0.4 is 4.74 Å². The van der Waals surface area contributed by atoms with Gasteiger partial charge in [-0.25, -0.2) is 5.01 Å². The maximum absolute atomic E-state index is 13.2. The van der Waals surface area contributed by atoms with Gasteiger partial charge in [0.25, 0.3) is 5.91 Å². The van der Waals surface area contributed by atoms with Crippen molar-refractivity contribution in [2.45, 2.75) is 19.4 Å². The highest BCUT2D eigenvalue weighted by molar-refractivity contribution is 6.05. The van der Waals surface area contributed by atoms with Gasteiger partial charge < -0.3 is 4.74 Å². The monoisotopic (exact) mass is 370 g/mol. The summed E-state index contributed by atoms with van der Waals surface area (Å²) in [6.07, 6.45) is 0.675. The molecule has 1 heterocycles. The van der Waals surface area contributed by atoms with E-state index in [9.17, 15) is 4.79 Å². The van der Waals surface area contributed by atoms with E-state index in [1.807, 2.05) is 85.8 Å². The third-order valence-corrected chi connectivity index (χ3v) is 5.02. The van der Waals surface area contributed by atoms with E-state index in [1.165, 1.54) is 0 Å². The van der Waals surface area contributed by atoms with Gasteiger partial charge in [-0.1, -0.05) is 48.0 Å². The van der Waals surface area contributed by atoms with Crippen LogP contribution >= 0.6 is 0 Å². The van der Waals surface area contributed by atoms with Gasteiger partial charge in [-0.15, -0.1) is 0 Å². The largest absolute Gasteiger partial charge is 0.497 e. The van der Waals surface area contributed by atoms with Gasteiger partial charge in [0.2, 0.25) is 0 Å². The SMILES string of the molecule is COc1ccc(C2=NN(C(=O)c3ccc(C)cc3)C(c3ccccc3)C2)cc1. The van der Waals surface area contributed by atoms with Crippen LogP contribution in [0.25, 0.3) is 0 Å². The zero-order valence-electron chi connectivity index (χ0n) is 16.0. The lowest BCUT2D eigenvalue weighted by molar-refractivity contribution is 0.0711. The number of hydrogen-bond acceptors (Lipinski definition) is 3. The summed E-state index contributed by atoms with van der Waals surface area (Å²) in [7, 11) is 1.65. The van der Waals surface area contributed by atoms with Crippen LogP contribution in [-0.4, -0.2) is 23.7 Å². The Balaban J connectivity index is 1.70. The topological polar surface area (TPSA) is 41.9 Å². The maximum atomic E-state index is 13.2. The minimum Gasteiger partial charge on any atom is -0.497 e. The molecule has 4 rings (SSSR count). The van der Waals surface area contributed by atoms with Crippen molar-refractivity contribution in [3.8, 4) is 5.75 Å². The molecule has 4 nitrogen and oxygen atoms in total. The molecule has 3 aromatic carbocycles. The molecule has 28 heavy (non-hydrogen) atoms. The molecular weight excluding hydrogens is 348 g/mol. The Bertz CT molecular complexity index is 993. The van der Waals surface area contributed by atoms with Crippen molar-refractivity contribution < 1.29 is 9.53 Å². The van der Waals surface area contributed by atoms with Crippen molar-refractivity contribution >= 4 is 11.6 Å². The zero-order chi connectivity index (χ0) is 19.5. The zero-order valence-corrected chi connectivity index (χ0v) is 16.0. The van der Waals surface area contributed by atoms with E-state index in [0.717, 1.165) is 28.2 Å². The van der Waals surface area contributed by atoms with Gasteiger partial charge in [0, 0.05) is 12.0 Å². The van der Waals surface area contributed by atoms with Crippen molar-refractivity contribution in [2.24, 2.45) is 5.10 Å². The lowest BCUT2D eigenvalue weighted by atomic mass is 9.98. The quantitative estimate of drug-likeness (QED) is 0.649. The fraction of sp³-hybridized carbons (Fsp3) is 0.167. The number of nitrogens with zero attached hydrogens (tertiary/aromatic N) is 2. The number of benzene rings is 3. The first-order chi connectivity index (χ1) is 13.7. The molecule has 0 N–H and O–H groups in total. The Morgan fingerprint density at radius 3 is 2.29 bits per heavy atom. The molecule has 3 aromatic rings. The molecule has 1 aliphatic heterocycles. The van der Waals surface area contributed by atoms with Crippen LogP contribution in [0.1, 0.15) is 39.5 Å². The van der Waals surface area contributed by atoms with E-state index in [2.05, 4.69) is 0 Å². The van der Waals surface area contributed by atoms with Crippen LogP contribution in [0, 0.1) is 6.92 Å². The van der Waals surface area contributed by atoms with Crippen LogP contribution in [0.2, 0.25) is 0 Å². The molecule has 0 saturated heterocycles. The second kappa shape index (κ2) is 7.69. The highest BCUT2D eigenvalue weighted by atomic mass is 16.5. The van der Waals surface area contributed by atoms with E-state index in [1.54, 1.807) is 12.1 Å².